The topological polar surface area (TPSA) is 61.0 Å². The minimum absolute atomic E-state index is 0.00574. The molecular formula is C10H7ClIN3O2. The second-order valence-corrected chi connectivity index (χ2v) is 5.04. The van der Waals surface area contributed by atoms with Crippen LogP contribution in [0.25, 0.3) is 0 Å². The largest absolute Gasteiger partial charge is 0.270 e. The second-order valence-electron chi connectivity index (χ2n) is 3.39. The molecule has 0 fully saturated rings. The molecule has 0 unspecified atom stereocenters. The van der Waals surface area contributed by atoms with Crippen LogP contribution in [0.5, 0.6) is 0 Å². The Balaban J connectivity index is 2.25. The number of hydrogen-bond donors (Lipinski definition) is 0. The molecule has 2 rings (SSSR count). The van der Waals surface area contributed by atoms with E-state index >= 15 is 0 Å². The van der Waals surface area contributed by atoms with Crippen molar-refractivity contribution in [3.8, 4) is 0 Å². The van der Waals surface area contributed by atoms with Crippen molar-refractivity contribution in [2.45, 2.75) is 6.54 Å². The van der Waals surface area contributed by atoms with Crippen molar-refractivity contribution >= 4 is 39.9 Å². The molecular weight excluding hydrogens is 356 g/mol. The molecule has 0 aliphatic heterocycles. The Bertz CT molecular complexity index is 570. The number of hydrogen-bond acceptors (Lipinski definition) is 3. The minimum atomic E-state index is -0.466. The summed E-state index contributed by atoms with van der Waals surface area (Å²) in [5, 5.41) is 15.1. The van der Waals surface area contributed by atoms with Crippen molar-refractivity contribution in [3.63, 3.8) is 0 Å². The number of nitro groups is 1. The zero-order valence-corrected chi connectivity index (χ0v) is 11.4. The van der Waals surface area contributed by atoms with E-state index in [4.69, 9.17) is 11.6 Å². The van der Waals surface area contributed by atoms with Crippen LogP contribution in [0.15, 0.2) is 30.6 Å². The van der Waals surface area contributed by atoms with E-state index in [1.807, 2.05) is 6.20 Å². The lowest BCUT2D eigenvalue weighted by molar-refractivity contribution is -0.384. The van der Waals surface area contributed by atoms with Crippen molar-refractivity contribution in [2.75, 3.05) is 0 Å². The summed E-state index contributed by atoms with van der Waals surface area (Å²) in [4.78, 5) is 10.1. The fourth-order valence-electron chi connectivity index (χ4n) is 1.38. The molecule has 2 aromatic rings. The third-order valence-electron chi connectivity index (χ3n) is 2.18. The molecule has 0 N–H and O–H groups in total. The molecule has 0 aliphatic rings. The molecule has 7 heteroatoms. The van der Waals surface area contributed by atoms with Gasteiger partial charge in [-0.25, -0.2) is 0 Å². The van der Waals surface area contributed by atoms with Crippen molar-refractivity contribution in [1.29, 1.82) is 0 Å². The summed E-state index contributed by atoms with van der Waals surface area (Å²) in [6, 6.07) is 4.44. The summed E-state index contributed by atoms with van der Waals surface area (Å²) in [6.45, 7) is 0.500. The Morgan fingerprint density at radius 2 is 2.29 bits per heavy atom. The maximum Gasteiger partial charge on any atom is 0.270 e. The van der Waals surface area contributed by atoms with Gasteiger partial charge in [0.15, 0.2) is 0 Å². The van der Waals surface area contributed by atoms with E-state index in [0.29, 0.717) is 11.6 Å². The van der Waals surface area contributed by atoms with E-state index < -0.39 is 4.92 Å². The molecule has 0 aliphatic carbocycles. The molecule has 17 heavy (non-hydrogen) atoms. The molecule has 88 valence electrons. The number of halogens is 2. The van der Waals surface area contributed by atoms with Crippen LogP contribution in [-0.4, -0.2) is 14.7 Å². The van der Waals surface area contributed by atoms with E-state index in [1.165, 1.54) is 12.1 Å². The number of rotatable bonds is 3. The summed E-state index contributed by atoms with van der Waals surface area (Å²) in [5.74, 6) is 0. The van der Waals surface area contributed by atoms with Gasteiger partial charge in [-0.3, -0.25) is 14.8 Å². The highest BCUT2D eigenvalue weighted by atomic mass is 127. The maximum atomic E-state index is 10.6. The van der Waals surface area contributed by atoms with Crippen LogP contribution in [-0.2, 0) is 6.54 Å². The fraction of sp³-hybridized carbons (Fsp3) is 0.100. The fourth-order valence-corrected chi connectivity index (χ4v) is 2.06. The number of aromatic nitrogens is 2. The van der Waals surface area contributed by atoms with Crippen LogP contribution in [0.3, 0.4) is 0 Å². The van der Waals surface area contributed by atoms with Gasteiger partial charge in [0.05, 0.1) is 26.3 Å². The third-order valence-corrected chi connectivity index (χ3v) is 3.09. The maximum absolute atomic E-state index is 10.6. The first-order chi connectivity index (χ1) is 8.06. The van der Waals surface area contributed by atoms with Gasteiger partial charge >= 0.3 is 0 Å². The Morgan fingerprint density at radius 1 is 1.53 bits per heavy atom. The van der Waals surface area contributed by atoms with Crippen molar-refractivity contribution in [3.05, 3.63) is 54.9 Å². The average Bonchev–Trinajstić information content (AvgIpc) is 2.67. The van der Waals surface area contributed by atoms with Gasteiger partial charge in [-0.2, -0.15) is 5.10 Å². The van der Waals surface area contributed by atoms with Gasteiger partial charge in [0.25, 0.3) is 5.69 Å². The molecule has 1 aromatic carbocycles. The number of nitrogens with zero attached hydrogens (tertiary/aromatic N) is 3. The lowest BCUT2D eigenvalue weighted by atomic mass is 10.2. The van der Waals surface area contributed by atoms with Crippen molar-refractivity contribution in [2.24, 2.45) is 0 Å². The standard InChI is InChI=1S/C10H7ClIN3O2/c11-10-3-9(15(16)17)2-1-7(10)5-14-6-8(12)4-13-14/h1-4,6H,5H2. The second kappa shape index (κ2) is 5.01. The molecule has 0 amide bonds. The van der Waals surface area contributed by atoms with Gasteiger partial charge in [-0.15, -0.1) is 0 Å². The Labute approximate surface area is 116 Å². The third kappa shape index (κ3) is 2.95. The van der Waals surface area contributed by atoms with E-state index in [9.17, 15) is 10.1 Å². The molecule has 0 bridgehead atoms. The monoisotopic (exact) mass is 363 g/mol. The van der Waals surface area contributed by atoms with Gasteiger partial charge in [0.2, 0.25) is 0 Å². The molecule has 1 aromatic heterocycles. The van der Waals surface area contributed by atoms with Gasteiger partial charge in [-0.1, -0.05) is 11.6 Å². The van der Waals surface area contributed by atoms with Gasteiger partial charge in [0, 0.05) is 18.3 Å². The summed E-state index contributed by atoms with van der Waals surface area (Å²) >= 11 is 8.14. The molecule has 0 spiro atoms. The number of nitro benzene ring substituents is 1. The first-order valence-corrected chi connectivity index (χ1v) is 6.12. The predicted molar refractivity (Wildman–Crippen MR) is 72.2 cm³/mol. The zero-order valence-electron chi connectivity index (χ0n) is 8.51. The number of benzene rings is 1. The Hall–Kier alpha value is -1.15. The minimum Gasteiger partial charge on any atom is -0.267 e. The average molecular weight is 364 g/mol. The smallest absolute Gasteiger partial charge is 0.267 e. The molecule has 0 saturated heterocycles. The number of non-ortho nitro benzene ring substituents is 1. The Kier molecular flexibility index (Phi) is 3.63. The van der Waals surface area contributed by atoms with E-state index in [0.717, 1.165) is 9.13 Å². The summed E-state index contributed by atoms with van der Waals surface area (Å²) in [6.07, 6.45) is 3.61. The van der Waals surface area contributed by atoms with E-state index in [-0.39, 0.29) is 5.69 Å². The Morgan fingerprint density at radius 3 is 2.82 bits per heavy atom. The van der Waals surface area contributed by atoms with Crippen molar-refractivity contribution in [1.82, 2.24) is 9.78 Å². The van der Waals surface area contributed by atoms with Crippen LogP contribution in [0.1, 0.15) is 5.56 Å². The molecule has 1 heterocycles. The van der Waals surface area contributed by atoms with E-state index in [1.54, 1.807) is 16.9 Å². The molecule has 0 atom stereocenters. The quantitative estimate of drug-likeness (QED) is 0.478. The van der Waals surface area contributed by atoms with Gasteiger partial charge < -0.3 is 0 Å². The highest BCUT2D eigenvalue weighted by Crippen LogP contribution is 2.23. The molecule has 5 nitrogen and oxygen atoms in total. The van der Waals surface area contributed by atoms with Crippen LogP contribution < -0.4 is 0 Å². The van der Waals surface area contributed by atoms with Crippen LogP contribution in [0.2, 0.25) is 5.02 Å². The van der Waals surface area contributed by atoms with Crippen molar-refractivity contribution < 1.29 is 4.92 Å². The van der Waals surface area contributed by atoms with Crippen LogP contribution in [0.4, 0.5) is 5.69 Å². The molecule has 0 saturated carbocycles. The summed E-state index contributed by atoms with van der Waals surface area (Å²) < 4.78 is 2.76. The summed E-state index contributed by atoms with van der Waals surface area (Å²) in [7, 11) is 0. The zero-order chi connectivity index (χ0) is 12.4. The summed E-state index contributed by atoms with van der Waals surface area (Å²) in [5.41, 5.74) is 0.797. The first kappa shape index (κ1) is 12.3. The van der Waals surface area contributed by atoms with Gasteiger partial charge in [0.1, 0.15) is 0 Å². The van der Waals surface area contributed by atoms with E-state index in [2.05, 4.69) is 27.7 Å². The lowest BCUT2D eigenvalue weighted by Gasteiger charge is -2.04. The lowest BCUT2D eigenvalue weighted by Crippen LogP contribution is -2.01. The molecule has 0 radical (unpaired) electrons. The highest BCUT2D eigenvalue weighted by molar-refractivity contribution is 14.1. The SMILES string of the molecule is O=[N+]([O-])c1ccc(Cn2cc(I)cn2)c(Cl)c1. The first-order valence-electron chi connectivity index (χ1n) is 4.67. The van der Waals surface area contributed by atoms with Crippen LogP contribution >= 0.6 is 34.2 Å². The normalized spacial score (nSPS) is 10.5. The predicted octanol–water partition coefficient (Wildman–Crippen LogP) is 3.10. The van der Waals surface area contributed by atoms with Crippen LogP contribution in [0, 0.1) is 13.7 Å². The highest BCUT2D eigenvalue weighted by Gasteiger charge is 2.09. The van der Waals surface area contributed by atoms with Gasteiger partial charge in [-0.05, 0) is 34.2 Å².